The van der Waals surface area contributed by atoms with E-state index in [1.54, 1.807) is 0 Å². The van der Waals surface area contributed by atoms with Gasteiger partial charge < -0.3 is 10.6 Å². The number of primary amides is 1. The number of hydroxylamine groups is 2. The van der Waals surface area contributed by atoms with Gasteiger partial charge >= 0.3 is 12.1 Å². The maximum atomic E-state index is 11.6. The van der Waals surface area contributed by atoms with E-state index in [9.17, 15) is 22.8 Å². The first-order valence-electron chi connectivity index (χ1n) is 3.64. The summed E-state index contributed by atoms with van der Waals surface area (Å²) < 4.78 is 34.9. The molecule has 0 unspecified atom stereocenters. The maximum Gasteiger partial charge on any atom is 0.492 e. The Morgan fingerprint density at radius 1 is 1.36 bits per heavy atom. The second-order valence-corrected chi connectivity index (χ2v) is 2.82. The zero-order chi connectivity index (χ0) is 10.9. The Morgan fingerprint density at radius 2 is 1.86 bits per heavy atom. The lowest BCUT2D eigenvalue weighted by atomic mass is 10.0. The molecule has 1 aliphatic heterocycles. The molecule has 2 N–H and O–H groups in total. The molecule has 1 amide bonds. The van der Waals surface area contributed by atoms with Gasteiger partial charge in [0.15, 0.2) is 0 Å². The maximum absolute atomic E-state index is 11.6. The Kier molecular flexibility index (Phi) is 2.65. The van der Waals surface area contributed by atoms with Crippen LogP contribution in [0.1, 0.15) is 0 Å². The number of alkyl halides is 3. The van der Waals surface area contributed by atoms with Gasteiger partial charge in [-0.05, 0) is 0 Å². The molecule has 0 saturated carbocycles. The Bertz CT molecular complexity index is 260. The molecule has 0 radical (unpaired) electrons. The molecule has 0 aliphatic carbocycles. The summed E-state index contributed by atoms with van der Waals surface area (Å²) >= 11 is 0. The summed E-state index contributed by atoms with van der Waals surface area (Å²) in [6.45, 7) is -0.172. The summed E-state index contributed by atoms with van der Waals surface area (Å²) in [4.78, 5) is 24.6. The topological polar surface area (TPSA) is 72.6 Å². The van der Waals surface area contributed by atoms with E-state index >= 15 is 0 Å². The highest BCUT2D eigenvalue weighted by Crippen LogP contribution is 2.21. The summed E-state index contributed by atoms with van der Waals surface area (Å²) in [6, 6.07) is 0. The molecule has 0 aromatic rings. The van der Waals surface area contributed by atoms with Crippen molar-refractivity contribution in [3.63, 3.8) is 0 Å². The van der Waals surface area contributed by atoms with Gasteiger partial charge in [0.1, 0.15) is 0 Å². The molecule has 80 valence electrons. The number of nitrogens with two attached hydrogens (primary N) is 1. The monoisotopic (exact) mass is 212 g/mol. The van der Waals surface area contributed by atoms with Crippen LogP contribution in [-0.2, 0) is 14.4 Å². The summed E-state index contributed by atoms with van der Waals surface area (Å²) in [5.74, 6) is -3.46. The predicted molar refractivity (Wildman–Crippen MR) is 36.4 cm³/mol. The molecule has 1 rings (SSSR count). The molecule has 1 heterocycles. The van der Waals surface area contributed by atoms with Crippen LogP contribution in [0.3, 0.4) is 0 Å². The van der Waals surface area contributed by atoms with Crippen molar-refractivity contribution in [1.82, 2.24) is 5.06 Å². The van der Waals surface area contributed by atoms with Crippen LogP contribution in [0.25, 0.3) is 0 Å². The molecule has 0 atom stereocenters. The van der Waals surface area contributed by atoms with Gasteiger partial charge in [-0.15, -0.1) is 5.06 Å². The molecule has 8 heteroatoms. The van der Waals surface area contributed by atoms with Crippen LogP contribution in [0.5, 0.6) is 0 Å². The van der Waals surface area contributed by atoms with Crippen LogP contribution < -0.4 is 5.73 Å². The quantitative estimate of drug-likeness (QED) is 0.664. The van der Waals surface area contributed by atoms with Crippen LogP contribution in [0.4, 0.5) is 13.2 Å². The molecule has 1 saturated heterocycles. The van der Waals surface area contributed by atoms with E-state index < -0.39 is 24.0 Å². The first-order valence-corrected chi connectivity index (χ1v) is 3.64. The smallest absolute Gasteiger partial charge is 0.369 e. The van der Waals surface area contributed by atoms with E-state index in [0.29, 0.717) is 0 Å². The van der Waals surface area contributed by atoms with Crippen LogP contribution in [-0.4, -0.2) is 36.2 Å². The van der Waals surface area contributed by atoms with Gasteiger partial charge in [-0.25, -0.2) is 4.79 Å². The number of hydrogen-bond acceptors (Lipinski definition) is 4. The SMILES string of the molecule is NC(=O)C1CN(OC(=O)C(F)(F)F)C1. The summed E-state index contributed by atoms with van der Waals surface area (Å²) in [5.41, 5.74) is 4.85. The number of hydrogen-bond donors (Lipinski definition) is 1. The van der Waals surface area contributed by atoms with Crippen molar-refractivity contribution in [1.29, 1.82) is 0 Å². The molecule has 0 aromatic carbocycles. The van der Waals surface area contributed by atoms with Gasteiger partial charge in [-0.3, -0.25) is 4.79 Å². The van der Waals surface area contributed by atoms with Gasteiger partial charge in [0, 0.05) is 13.1 Å². The van der Waals surface area contributed by atoms with E-state index in [2.05, 4.69) is 4.84 Å². The van der Waals surface area contributed by atoms with Crippen LogP contribution in [0.2, 0.25) is 0 Å². The molecule has 0 bridgehead atoms. The van der Waals surface area contributed by atoms with E-state index in [1.807, 2.05) is 0 Å². The Morgan fingerprint density at radius 3 is 2.21 bits per heavy atom. The van der Waals surface area contributed by atoms with Crippen molar-refractivity contribution in [3.8, 4) is 0 Å². The molecule has 0 aromatic heterocycles. The van der Waals surface area contributed by atoms with Gasteiger partial charge in [0.25, 0.3) is 0 Å². The molecular weight excluding hydrogens is 205 g/mol. The van der Waals surface area contributed by atoms with Crippen molar-refractivity contribution in [3.05, 3.63) is 0 Å². The van der Waals surface area contributed by atoms with Crippen LogP contribution >= 0.6 is 0 Å². The normalized spacial score (nSPS) is 18.8. The molecule has 5 nitrogen and oxygen atoms in total. The first kappa shape index (κ1) is 10.8. The van der Waals surface area contributed by atoms with Crippen LogP contribution in [0.15, 0.2) is 0 Å². The highest BCUT2D eigenvalue weighted by Gasteiger charge is 2.45. The molecular formula is C6H7F3N2O3. The third kappa shape index (κ3) is 2.34. The Balaban J connectivity index is 2.30. The zero-order valence-electron chi connectivity index (χ0n) is 6.87. The summed E-state index contributed by atoms with van der Waals surface area (Å²) in [5, 5.41) is 0.741. The van der Waals surface area contributed by atoms with Crippen molar-refractivity contribution in [2.75, 3.05) is 13.1 Å². The zero-order valence-corrected chi connectivity index (χ0v) is 6.87. The number of rotatable bonds is 2. The second kappa shape index (κ2) is 3.45. The van der Waals surface area contributed by atoms with Crippen molar-refractivity contribution < 1.29 is 27.6 Å². The minimum Gasteiger partial charge on any atom is -0.369 e. The third-order valence-corrected chi connectivity index (χ3v) is 1.69. The highest BCUT2D eigenvalue weighted by molar-refractivity contribution is 5.78. The minimum absolute atomic E-state index is 0.0862. The standard InChI is InChI=1S/C6H7F3N2O3/c7-6(8,9)5(13)14-11-1-3(2-11)4(10)12/h3H,1-2H2,(H2,10,12). The van der Waals surface area contributed by atoms with Crippen molar-refractivity contribution in [2.24, 2.45) is 11.7 Å². The molecule has 1 aliphatic rings. The van der Waals surface area contributed by atoms with Crippen molar-refractivity contribution in [2.45, 2.75) is 6.18 Å². The van der Waals surface area contributed by atoms with Gasteiger partial charge in [-0.1, -0.05) is 0 Å². The lowest BCUT2D eigenvalue weighted by Crippen LogP contribution is -2.53. The molecule has 0 spiro atoms. The van der Waals surface area contributed by atoms with Crippen LogP contribution in [0, 0.1) is 5.92 Å². The number of halogens is 3. The number of nitrogens with zero attached hydrogens (tertiary/aromatic N) is 1. The molecule has 14 heavy (non-hydrogen) atoms. The fraction of sp³-hybridized carbons (Fsp3) is 0.667. The van der Waals surface area contributed by atoms with Gasteiger partial charge in [-0.2, -0.15) is 13.2 Å². The first-order chi connectivity index (χ1) is 6.30. The van der Waals surface area contributed by atoms with Crippen molar-refractivity contribution >= 4 is 11.9 Å². The highest BCUT2D eigenvalue weighted by atomic mass is 19.4. The lowest BCUT2D eigenvalue weighted by molar-refractivity contribution is -0.256. The average Bonchev–Trinajstić information content (AvgIpc) is 1.92. The average molecular weight is 212 g/mol. The lowest BCUT2D eigenvalue weighted by Gasteiger charge is -2.34. The fourth-order valence-corrected chi connectivity index (χ4v) is 0.862. The summed E-state index contributed by atoms with van der Waals surface area (Å²) in [6.07, 6.45) is -5.02. The number of carbonyl (C=O) groups is 2. The predicted octanol–water partition coefficient (Wildman–Crippen LogP) is -0.576. The fourth-order valence-electron chi connectivity index (χ4n) is 0.862. The number of carbonyl (C=O) groups excluding carboxylic acids is 2. The Labute approximate surface area is 76.5 Å². The second-order valence-electron chi connectivity index (χ2n) is 2.82. The largest absolute Gasteiger partial charge is 0.492 e. The molecule has 1 fully saturated rings. The van der Waals surface area contributed by atoms with E-state index in [-0.39, 0.29) is 13.1 Å². The van der Waals surface area contributed by atoms with Gasteiger partial charge in [0.05, 0.1) is 5.92 Å². The van der Waals surface area contributed by atoms with Gasteiger partial charge in [0.2, 0.25) is 5.91 Å². The Hall–Kier alpha value is -1.31. The minimum atomic E-state index is -5.02. The summed E-state index contributed by atoms with van der Waals surface area (Å²) in [7, 11) is 0. The van der Waals surface area contributed by atoms with E-state index in [0.717, 1.165) is 5.06 Å². The van der Waals surface area contributed by atoms with E-state index in [4.69, 9.17) is 5.73 Å². The van der Waals surface area contributed by atoms with E-state index in [1.165, 1.54) is 0 Å². The third-order valence-electron chi connectivity index (χ3n) is 1.69. The number of amides is 1.